The summed E-state index contributed by atoms with van der Waals surface area (Å²) in [5, 5.41) is 3.16. The predicted octanol–water partition coefficient (Wildman–Crippen LogP) is 2.64. The molecule has 0 heterocycles. The summed E-state index contributed by atoms with van der Waals surface area (Å²) >= 11 is 3.48. The first-order chi connectivity index (χ1) is 8.02. The van der Waals surface area contributed by atoms with Crippen molar-refractivity contribution < 1.29 is 0 Å². The SMILES string of the molecule is Cc1ccc(Br)c(NC(=NCC(C)C)NN)c1. The number of aryl methyl sites for hydroxylation is 1. The number of nitrogens with one attached hydrogen (secondary N) is 2. The highest BCUT2D eigenvalue weighted by Crippen LogP contribution is 2.23. The van der Waals surface area contributed by atoms with Crippen molar-refractivity contribution in [1.82, 2.24) is 5.43 Å². The number of anilines is 1. The van der Waals surface area contributed by atoms with Gasteiger partial charge in [0.05, 0.1) is 5.69 Å². The summed E-state index contributed by atoms with van der Waals surface area (Å²) in [5.41, 5.74) is 4.70. The molecule has 0 radical (unpaired) electrons. The van der Waals surface area contributed by atoms with Crippen molar-refractivity contribution in [3.05, 3.63) is 28.2 Å². The summed E-state index contributed by atoms with van der Waals surface area (Å²) in [6.45, 7) is 6.99. The second kappa shape index (κ2) is 6.61. The Balaban J connectivity index is 2.80. The zero-order valence-corrected chi connectivity index (χ0v) is 12.0. The first kappa shape index (κ1) is 14.0. The van der Waals surface area contributed by atoms with Crippen molar-refractivity contribution in [3.8, 4) is 0 Å². The lowest BCUT2D eigenvalue weighted by molar-refractivity contribution is 0.663. The zero-order valence-electron chi connectivity index (χ0n) is 10.4. The minimum atomic E-state index is 0.501. The molecule has 94 valence electrons. The van der Waals surface area contributed by atoms with Crippen LogP contribution in [0.25, 0.3) is 0 Å². The van der Waals surface area contributed by atoms with E-state index in [2.05, 4.69) is 45.5 Å². The van der Waals surface area contributed by atoms with E-state index in [1.165, 1.54) is 5.56 Å². The van der Waals surface area contributed by atoms with E-state index in [1.54, 1.807) is 0 Å². The van der Waals surface area contributed by atoms with Crippen LogP contribution in [0.4, 0.5) is 5.69 Å². The molecule has 0 saturated heterocycles. The monoisotopic (exact) mass is 298 g/mol. The molecule has 0 fully saturated rings. The summed E-state index contributed by atoms with van der Waals surface area (Å²) in [4.78, 5) is 4.36. The molecule has 0 spiro atoms. The van der Waals surface area contributed by atoms with Crippen LogP contribution in [-0.2, 0) is 0 Å². The fourth-order valence-electron chi connectivity index (χ4n) is 1.26. The van der Waals surface area contributed by atoms with Gasteiger partial charge in [0.1, 0.15) is 0 Å². The number of aliphatic imine (C=N–C) groups is 1. The van der Waals surface area contributed by atoms with Crippen LogP contribution in [0.5, 0.6) is 0 Å². The molecule has 0 aromatic heterocycles. The minimum absolute atomic E-state index is 0.501. The molecule has 0 bridgehead atoms. The van der Waals surface area contributed by atoms with Crippen molar-refractivity contribution in [2.24, 2.45) is 16.8 Å². The van der Waals surface area contributed by atoms with Gasteiger partial charge >= 0.3 is 0 Å². The van der Waals surface area contributed by atoms with E-state index in [9.17, 15) is 0 Å². The highest BCUT2D eigenvalue weighted by atomic mass is 79.9. The highest BCUT2D eigenvalue weighted by molar-refractivity contribution is 9.10. The number of rotatable bonds is 3. The molecule has 0 aliphatic heterocycles. The van der Waals surface area contributed by atoms with Gasteiger partial charge in [0.15, 0.2) is 0 Å². The first-order valence-electron chi connectivity index (χ1n) is 5.57. The van der Waals surface area contributed by atoms with Gasteiger partial charge in [-0.25, -0.2) is 5.84 Å². The van der Waals surface area contributed by atoms with Crippen LogP contribution < -0.4 is 16.6 Å². The van der Waals surface area contributed by atoms with E-state index >= 15 is 0 Å². The molecule has 1 aromatic rings. The van der Waals surface area contributed by atoms with Crippen molar-refractivity contribution in [2.75, 3.05) is 11.9 Å². The lowest BCUT2D eigenvalue weighted by atomic mass is 10.2. The summed E-state index contributed by atoms with van der Waals surface area (Å²) in [7, 11) is 0. The quantitative estimate of drug-likeness (QED) is 0.348. The van der Waals surface area contributed by atoms with Crippen LogP contribution in [0, 0.1) is 12.8 Å². The maximum Gasteiger partial charge on any atom is 0.210 e. The van der Waals surface area contributed by atoms with Gasteiger partial charge in [0.25, 0.3) is 0 Å². The van der Waals surface area contributed by atoms with Crippen LogP contribution >= 0.6 is 15.9 Å². The minimum Gasteiger partial charge on any atom is -0.324 e. The first-order valence-corrected chi connectivity index (χ1v) is 6.36. The standard InChI is InChI=1S/C12H19BrN4/c1-8(2)7-15-12(17-14)16-11-6-9(3)4-5-10(11)13/h4-6,8H,7,14H2,1-3H3,(H2,15,16,17). The molecule has 1 aromatic carbocycles. The van der Waals surface area contributed by atoms with Crippen LogP contribution in [0.15, 0.2) is 27.7 Å². The Labute approximate surface area is 111 Å². The van der Waals surface area contributed by atoms with E-state index in [0.29, 0.717) is 11.9 Å². The molecular formula is C12H19BrN4. The number of halogens is 1. The largest absolute Gasteiger partial charge is 0.324 e. The Kier molecular flexibility index (Phi) is 5.44. The fourth-order valence-corrected chi connectivity index (χ4v) is 1.60. The number of nitrogens with zero attached hydrogens (tertiary/aromatic N) is 1. The Morgan fingerprint density at radius 3 is 2.76 bits per heavy atom. The maximum absolute atomic E-state index is 5.44. The normalized spacial score (nSPS) is 11.8. The molecule has 0 atom stereocenters. The average molecular weight is 299 g/mol. The third-order valence-corrected chi connectivity index (χ3v) is 2.82. The molecule has 4 nitrogen and oxygen atoms in total. The molecule has 0 amide bonds. The molecule has 5 heteroatoms. The Bertz CT molecular complexity index is 401. The number of guanidine groups is 1. The van der Waals surface area contributed by atoms with Crippen molar-refractivity contribution in [1.29, 1.82) is 0 Å². The molecule has 17 heavy (non-hydrogen) atoms. The van der Waals surface area contributed by atoms with E-state index in [1.807, 2.05) is 25.1 Å². The van der Waals surface area contributed by atoms with Crippen molar-refractivity contribution in [3.63, 3.8) is 0 Å². The van der Waals surface area contributed by atoms with Crippen LogP contribution in [-0.4, -0.2) is 12.5 Å². The molecule has 0 aliphatic rings. The molecule has 0 saturated carbocycles. The van der Waals surface area contributed by atoms with Crippen LogP contribution in [0.1, 0.15) is 19.4 Å². The van der Waals surface area contributed by atoms with Crippen molar-refractivity contribution >= 4 is 27.6 Å². The highest BCUT2D eigenvalue weighted by Gasteiger charge is 2.03. The zero-order chi connectivity index (χ0) is 12.8. The van der Waals surface area contributed by atoms with E-state index < -0.39 is 0 Å². The third-order valence-electron chi connectivity index (χ3n) is 2.13. The summed E-state index contributed by atoms with van der Waals surface area (Å²) < 4.78 is 0.982. The number of benzene rings is 1. The number of nitrogens with two attached hydrogens (primary N) is 1. The van der Waals surface area contributed by atoms with Gasteiger partial charge in [-0.3, -0.25) is 10.4 Å². The predicted molar refractivity (Wildman–Crippen MR) is 77.0 cm³/mol. The number of hydrogen-bond acceptors (Lipinski definition) is 2. The molecule has 1 rings (SSSR count). The van der Waals surface area contributed by atoms with E-state index in [0.717, 1.165) is 16.7 Å². The van der Waals surface area contributed by atoms with Gasteiger partial charge in [0, 0.05) is 11.0 Å². The maximum atomic E-state index is 5.44. The smallest absolute Gasteiger partial charge is 0.210 e. The molecule has 0 unspecified atom stereocenters. The van der Waals surface area contributed by atoms with Gasteiger partial charge in [-0.2, -0.15) is 0 Å². The van der Waals surface area contributed by atoms with E-state index in [-0.39, 0.29) is 0 Å². The van der Waals surface area contributed by atoms with Crippen LogP contribution in [0.3, 0.4) is 0 Å². The second-order valence-electron chi connectivity index (χ2n) is 4.34. The van der Waals surface area contributed by atoms with Gasteiger partial charge in [-0.1, -0.05) is 19.9 Å². The van der Waals surface area contributed by atoms with E-state index in [4.69, 9.17) is 5.84 Å². The topological polar surface area (TPSA) is 62.4 Å². The van der Waals surface area contributed by atoms with Crippen molar-refractivity contribution in [2.45, 2.75) is 20.8 Å². The molecule has 0 aliphatic carbocycles. The number of hydrazine groups is 1. The Hall–Kier alpha value is -1.07. The van der Waals surface area contributed by atoms with Crippen LogP contribution in [0.2, 0.25) is 0 Å². The summed E-state index contributed by atoms with van der Waals surface area (Å²) in [6, 6.07) is 6.07. The fraction of sp³-hybridized carbons (Fsp3) is 0.417. The lowest BCUT2D eigenvalue weighted by Crippen LogP contribution is -2.36. The molecule has 4 N–H and O–H groups in total. The average Bonchev–Trinajstić information content (AvgIpc) is 2.28. The van der Waals surface area contributed by atoms with Gasteiger partial charge in [-0.15, -0.1) is 0 Å². The summed E-state index contributed by atoms with van der Waals surface area (Å²) in [6.07, 6.45) is 0. The van der Waals surface area contributed by atoms with Gasteiger partial charge in [0.2, 0.25) is 5.96 Å². The Morgan fingerprint density at radius 1 is 1.47 bits per heavy atom. The number of hydrogen-bond donors (Lipinski definition) is 3. The second-order valence-corrected chi connectivity index (χ2v) is 5.19. The Morgan fingerprint density at radius 2 is 2.18 bits per heavy atom. The van der Waals surface area contributed by atoms with Gasteiger partial charge in [-0.05, 0) is 46.5 Å². The molecular weight excluding hydrogens is 280 g/mol. The summed E-state index contributed by atoms with van der Waals surface area (Å²) in [5.74, 6) is 6.51. The third kappa shape index (κ3) is 4.75. The lowest BCUT2D eigenvalue weighted by Gasteiger charge is -2.12. The van der Waals surface area contributed by atoms with Gasteiger partial charge < -0.3 is 5.32 Å².